The van der Waals surface area contributed by atoms with Crippen LogP contribution in [0.3, 0.4) is 0 Å². The van der Waals surface area contributed by atoms with E-state index in [1.807, 2.05) is 18.2 Å². The van der Waals surface area contributed by atoms with E-state index in [9.17, 15) is 0 Å². The molecule has 0 saturated heterocycles. The van der Waals surface area contributed by atoms with Crippen molar-refractivity contribution in [2.75, 3.05) is 12.8 Å². The lowest BCUT2D eigenvalue weighted by molar-refractivity contribution is 0.414. The molecule has 19 heavy (non-hydrogen) atoms. The molecule has 4 N–H and O–H groups in total. The monoisotopic (exact) mass is 257 g/mol. The zero-order valence-corrected chi connectivity index (χ0v) is 11.0. The van der Waals surface area contributed by atoms with Crippen molar-refractivity contribution < 1.29 is 4.74 Å². The Kier molecular flexibility index (Phi) is 4.36. The molecule has 0 saturated carbocycles. The van der Waals surface area contributed by atoms with Crippen LogP contribution in [0, 0.1) is 0 Å². The van der Waals surface area contributed by atoms with Crippen molar-refractivity contribution in [1.82, 2.24) is 4.98 Å². The zero-order chi connectivity index (χ0) is 13.7. The average Bonchev–Trinajstić information content (AvgIpc) is 2.41. The first kappa shape index (κ1) is 13.4. The van der Waals surface area contributed by atoms with Gasteiger partial charge < -0.3 is 16.2 Å². The van der Waals surface area contributed by atoms with Crippen molar-refractivity contribution >= 4 is 5.69 Å². The minimum Gasteiger partial charge on any atom is -0.497 e. The molecule has 1 aromatic carbocycles. The second-order valence-corrected chi connectivity index (χ2v) is 4.59. The molecule has 0 aliphatic rings. The molecule has 4 nitrogen and oxygen atoms in total. The Morgan fingerprint density at radius 1 is 1.26 bits per heavy atom. The van der Waals surface area contributed by atoms with E-state index in [1.54, 1.807) is 25.6 Å². The predicted octanol–water partition coefficient (Wildman–Crippen LogP) is 1.78. The zero-order valence-electron chi connectivity index (χ0n) is 11.0. The molecule has 0 fully saturated rings. The second kappa shape index (κ2) is 6.20. The minimum atomic E-state index is 0.0126. The molecular weight excluding hydrogens is 238 g/mol. The fraction of sp³-hybridized carbons (Fsp3) is 0.267. The van der Waals surface area contributed by atoms with Crippen LogP contribution < -0.4 is 16.2 Å². The van der Waals surface area contributed by atoms with Crippen LogP contribution in [0.1, 0.15) is 11.1 Å². The summed E-state index contributed by atoms with van der Waals surface area (Å²) >= 11 is 0. The van der Waals surface area contributed by atoms with Gasteiger partial charge in [-0.3, -0.25) is 4.98 Å². The van der Waals surface area contributed by atoms with Gasteiger partial charge in [-0.1, -0.05) is 12.1 Å². The summed E-state index contributed by atoms with van der Waals surface area (Å²) in [7, 11) is 1.66. The minimum absolute atomic E-state index is 0.0126. The fourth-order valence-electron chi connectivity index (χ4n) is 2.07. The molecule has 2 aromatic rings. The molecule has 0 aliphatic carbocycles. The number of hydrogen-bond donors (Lipinski definition) is 2. The first-order valence-corrected chi connectivity index (χ1v) is 6.26. The van der Waals surface area contributed by atoms with Gasteiger partial charge in [-0.2, -0.15) is 0 Å². The Morgan fingerprint density at radius 3 is 2.84 bits per heavy atom. The highest BCUT2D eigenvalue weighted by molar-refractivity contribution is 5.44. The van der Waals surface area contributed by atoms with Crippen LogP contribution in [0.2, 0.25) is 0 Å². The van der Waals surface area contributed by atoms with Crippen molar-refractivity contribution in [3.63, 3.8) is 0 Å². The summed E-state index contributed by atoms with van der Waals surface area (Å²) in [4.78, 5) is 4.08. The van der Waals surface area contributed by atoms with Crippen LogP contribution in [0.15, 0.2) is 42.7 Å². The highest BCUT2D eigenvalue weighted by Gasteiger charge is 2.08. The van der Waals surface area contributed by atoms with E-state index in [1.165, 1.54) is 0 Å². The highest BCUT2D eigenvalue weighted by Crippen LogP contribution is 2.16. The maximum Gasteiger partial charge on any atom is 0.119 e. The van der Waals surface area contributed by atoms with E-state index in [0.29, 0.717) is 0 Å². The van der Waals surface area contributed by atoms with Crippen LogP contribution >= 0.6 is 0 Å². The molecule has 0 amide bonds. The van der Waals surface area contributed by atoms with Crippen molar-refractivity contribution in [2.45, 2.75) is 18.9 Å². The molecule has 1 aromatic heterocycles. The number of nitrogens with two attached hydrogens (primary N) is 2. The van der Waals surface area contributed by atoms with Gasteiger partial charge in [0.25, 0.3) is 0 Å². The highest BCUT2D eigenvalue weighted by atomic mass is 16.5. The van der Waals surface area contributed by atoms with Crippen molar-refractivity contribution in [3.8, 4) is 5.75 Å². The molecule has 1 heterocycles. The summed E-state index contributed by atoms with van der Waals surface area (Å²) in [6.07, 6.45) is 4.97. The second-order valence-electron chi connectivity index (χ2n) is 4.59. The van der Waals surface area contributed by atoms with Gasteiger partial charge in [-0.15, -0.1) is 0 Å². The number of rotatable bonds is 5. The summed E-state index contributed by atoms with van der Waals surface area (Å²) < 4.78 is 5.20. The van der Waals surface area contributed by atoms with E-state index >= 15 is 0 Å². The molecular formula is C15H19N3O. The molecule has 100 valence electrons. The van der Waals surface area contributed by atoms with Gasteiger partial charge in [0.15, 0.2) is 0 Å². The van der Waals surface area contributed by atoms with E-state index in [4.69, 9.17) is 16.2 Å². The Hall–Kier alpha value is -2.07. The number of nitrogens with zero attached hydrogens (tertiary/aromatic N) is 1. The van der Waals surface area contributed by atoms with Gasteiger partial charge in [-0.25, -0.2) is 0 Å². The lowest BCUT2D eigenvalue weighted by atomic mass is 10.00. The van der Waals surface area contributed by atoms with Crippen molar-refractivity contribution in [2.24, 2.45) is 5.73 Å². The van der Waals surface area contributed by atoms with Gasteiger partial charge >= 0.3 is 0 Å². The van der Waals surface area contributed by atoms with Crippen molar-refractivity contribution in [1.29, 1.82) is 0 Å². The number of ether oxygens (including phenoxy) is 1. The molecule has 4 heteroatoms. The van der Waals surface area contributed by atoms with Gasteiger partial charge in [0.1, 0.15) is 5.75 Å². The van der Waals surface area contributed by atoms with Gasteiger partial charge in [-0.05, 0) is 42.2 Å². The quantitative estimate of drug-likeness (QED) is 0.856. The van der Waals surface area contributed by atoms with E-state index in [-0.39, 0.29) is 6.04 Å². The van der Waals surface area contributed by atoms with Crippen molar-refractivity contribution in [3.05, 3.63) is 53.9 Å². The summed E-state index contributed by atoms with van der Waals surface area (Å²) in [6.45, 7) is 0. The normalized spacial score (nSPS) is 12.1. The van der Waals surface area contributed by atoms with Crippen LogP contribution in [0.25, 0.3) is 0 Å². The number of hydrogen-bond acceptors (Lipinski definition) is 4. The lowest BCUT2D eigenvalue weighted by Crippen LogP contribution is -2.26. The number of methoxy groups -OCH3 is 1. The van der Waals surface area contributed by atoms with E-state index < -0.39 is 0 Å². The van der Waals surface area contributed by atoms with Gasteiger partial charge in [0.2, 0.25) is 0 Å². The molecule has 0 spiro atoms. The molecule has 0 bridgehead atoms. The Morgan fingerprint density at radius 2 is 2.11 bits per heavy atom. The SMILES string of the molecule is COc1cccc(CC(N)Cc2cnccc2N)c1. The Balaban J connectivity index is 2.01. The van der Waals surface area contributed by atoms with Crippen LogP contribution in [0.5, 0.6) is 5.75 Å². The lowest BCUT2D eigenvalue weighted by Gasteiger charge is -2.13. The first-order chi connectivity index (χ1) is 9.19. The molecule has 1 atom stereocenters. The Labute approximate surface area is 113 Å². The smallest absolute Gasteiger partial charge is 0.119 e. The third-order valence-corrected chi connectivity index (χ3v) is 3.06. The van der Waals surface area contributed by atoms with Gasteiger partial charge in [0, 0.05) is 24.1 Å². The number of pyridine rings is 1. The third-order valence-electron chi connectivity index (χ3n) is 3.06. The predicted molar refractivity (Wildman–Crippen MR) is 77.0 cm³/mol. The van der Waals surface area contributed by atoms with Crippen LogP contribution in [-0.4, -0.2) is 18.1 Å². The number of nitrogen functional groups attached to an aromatic ring is 1. The fourth-order valence-corrected chi connectivity index (χ4v) is 2.07. The summed E-state index contributed by atoms with van der Waals surface area (Å²) in [5.41, 5.74) is 15.0. The standard InChI is InChI=1S/C15H19N3O/c1-19-14-4-2-3-11(8-14)7-13(16)9-12-10-18-6-5-15(12)17/h2-6,8,10,13H,7,9,16H2,1H3,(H2,17,18). The molecule has 0 radical (unpaired) electrons. The van der Waals surface area contributed by atoms with Crippen LogP contribution in [0.4, 0.5) is 5.69 Å². The van der Waals surface area contributed by atoms with E-state index in [2.05, 4.69) is 11.1 Å². The summed E-state index contributed by atoms with van der Waals surface area (Å²) in [5.74, 6) is 0.852. The van der Waals surface area contributed by atoms with Gasteiger partial charge in [0.05, 0.1) is 7.11 Å². The first-order valence-electron chi connectivity index (χ1n) is 6.26. The number of benzene rings is 1. The molecule has 2 rings (SSSR count). The maximum atomic E-state index is 6.17. The number of aromatic nitrogens is 1. The largest absolute Gasteiger partial charge is 0.497 e. The molecule has 0 aliphatic heterocycles. The van der Waals surface area contributed by atoms with E-state index in [0.717, 1.165) is 35.4 Å². The van der Waals surface area contributed by atoms with Crippen LogP contribution in [-0.2, 0) is 12.8 Å². The number of anilines is 1. The third kappa shape index (κ3) is 3.69. The summed E-state index contributed by atoms with van der Waals surface area (Å²) in [6, 6.07) is 9.77. The average molecular weight is 257 g/mol. The topological polar surface area (TPSA) is 74.2 Å². The summed E-state index contributed by atoms with van der Waals surface area (Å²) in [5, 5.41) is 0. The molecule has 1 unspecified atom stereocenters. The Bertz CT molecular complexity index is 542. The maximum absolute atomic E-state index is 6.17.